The van der Waals surface area contributed by atoms with Crippen LogP contribution in [0.15, 0.2) is 48.5 Å². The predicted molar refractivity (Wildman–Crippen MR) is 111 cm³/mol. The first-order valence-electron chi connectivity index (χ1n) is 8.79. The lowest BCUT2D eigenvalue weighted by Gasteiger charge is -2.13. The number of ether oxygens (including phenoxy) is 1. The van der Waals surface area contributed by atoms with Gasteiger partial charge in [-0.15, -0.1) is 0 Å². The molecule has 1 aromatic heterocycles. The first-order chi connectivity index (χ1) is 13.0. The van der Waals surface area contributed by atoms with Gasteiger partial charge in [0, 0.05) is 23.3 Å². The summed E-state index contributed by atoms with van der Waals surface area (Å²) in [5, 5.41) is 7.36. The second kappa shape index (κ2) is 8.73. The van der Waals surface area contributed by atoms with Crippen molar-refractivity contribution in [2.24, 2.45) is 0 Å². The van der Waals surface area contributed by atoms with Gasteiger partial charge in [-0.25, -0.2) is 4.98 Å². The summed E-state index contributed by atoms with van der Waals surface area (Å²) in [4.78, 5) is 9.04. The summed E-state index contributed by atoms with van der Waals surface area (Å²) in [7, 11) is 1.65. The number of methoxy groups -OCH3 is 1. The summed E-state index contributed by atoms with van der Waals surface area (Å²) < 4.78 is 5.41. The van der Waals surface area contributed by atoms with Gasteiger partial charge in [0.25, 0.3) is 0 Å². The van der Waals surface area contributed by atoms with E-state index >= 15 is 0 Å². The van der Waals surface area contributed by atoms with Crippen molar-refractivity contribution in [3.05, 3.63) is 70.4 Å². The highest BCUT2D eigenvalue weighted by Crippen LogP contribution is 2.27. The highest BCUT2D eigenvalue weighted by Gasteiger charge is 2.07. The fraction of sp³-hybridized carbons (Fsp3) is 0.238. The Morgan fingerprint density at radius 2 is 1.89 bits per heavy atom. The number of nitrogens with zero attached hydrogens (tertiary/aromatic N) is 2. The maximum atomic E-state index is 6.04. The number of hydrogen-bond donors (Lipinski definition) is 2. The Balaban J connectivity index is 1.70. The molecule has 0 atom stereocenters. The van der Waals surface area contributed by atoms with E-state index in [9.17, 15) is 0 Å². The van der Waals surface area contributed by atoms with Gasteiger partial charge in [-0.3, -0.25) is 0 Å². The maximum Gasteiger partial charge on any atom is 0.229 e. The third-order valence-electron chi connectivity index (χ3n) is 4.06. The van der Waals surface area contributed by atoms with Crippen molar-refractivity contribution in [2.75, 3.05) is 24.3 Å². The molecule has 6 heteroatoms. The summed E-state index contributed by atoms with van der Waals surface area (Å²) in [5.74, 6) is 2.06. The van der Waals surface area contributed by atoms with Gasteiger partial charge in [0.1, 0.15) is 11.6 Å². The van der Waals surface area contributed by atoms with Crippen LogP contribution in [0.1, 0.15) is 16.8 Å². The minimum absolute atomic E-state index is 0.532. The summed E-state index contributed by atoms with van der Waals surface area (Å²) in [5.41, 5.74) is 4.03. The third-order valence-corrected chi connectivity index (χ3v) is 4.30. The van der Waals surface area contributed by atoms with Crippen molar-refractivity contribution in [1.82, 2.24) is 9.97 Å². The van der Waals surface area contributed by atoms with Crippen molar-refractivity contribution < 1.29 is 4.74 Å². The van der Waals surface area contributed by atoms with Crippen LogP contribution in [-0.2, 0) is 6.42 Å². The lowest BCUT2D eigenvalue weighted by molar-refractivity contribution is 0.416. The number of aromatic nitrogens is 2. The van der Waals surface area contributed by atoms with Crippen molar-refractivity contribution >= 4 is 29.1 Å². The Labute approximate surface area is 164 Å². The second-order valence-corrected chi connectivity index (χ2v) is 6.79. The number of benzene rings is 2. The monoisotopic (exact) mass is 382 g/mol. The largest absolute Gasteiger partial charge is 0.495 e. The molecule has 3 rings (SSSR count). The SMILES string of the molecule is COc1ccc(C)cc1Nc1nc(C)cc(NCCc2cccc(Cl)c2)n1. The molecule has 0 aliphatic carbocycles. The van der Waals surface area contributed by atoms with E-state index in [1.165, 1.54) is 5.56 Å². The summed E-state index contributed by atoms with van der Waals surface area (Å²) in [6.45, 7) is 4.73. The van der Waals surface area contributed by atoms with Crippen LogP contribution >= 0.6 is 11.6 Å². The minimum Gasteiger partial charge on any atom is -0.495 e. The molecular weight excluding hydrogens is 360 g/mol. The average Bonchev–Trinajstić information content (AvgIpc) is 2.61. The molecule has 0 saturated heterocycles. The molecule has 2 N–H and O–H groups in total. The van der Waals surface area contributed by atoms with E-state index in [0.717, 1.165) is 46.5 Å². The van der Waals surface area contributed by atoms with Gasteiger partial charge in [0.2, 0.25) is 5.95 Å². The molecule has 0 amide bonds. The first-order valence-corrected chi connectivity index (χ1v) is 9.17. The number of halogens is 1. The molecule has 0 saturated carbocycles. The minimum atomic E-state index is 0.532. The third kappa shape index (κ3) is 5.34. The predicted octanol–water partition coefficient (Wildman–Crippen LogP) is 5.15. The summed E-state index contributed by atoms with van der Waals surface area (Å²) in [6.07, 6.45) is 0.859. The Bertz CT molecular complexity index is 930. The van der Waals surface area contributed by atoms with E-state index < -0.39 is 0 Å². The zero-order valence-electron chi connectivity index (χ0n) is 15.7. The van der Waals surface area contributed by atoms with Gasteiger partial charge < -0.3 is 15.4 Å². The standard InChI is InChI=1S/C21H23ClN4O/c1-14-7-8-19(27-3)18(11-14)25-21-24-15(2)12-20(26-21)23-10-9-16-5-4-6-17(22)13-16/h4-8,11-13H,9-10H2,1-3H3,(H2,23,24,25,26). The molecule has 0 fully saturated rings. The topological polar surface area (TPSA) is 59.1 Å². The quantitative estimate of drug-likeness (QED) is 0.591. The highest BCUT2D eigenvalue weighted by atomic mass is 35.5. The lowest BCUT2D eigenvalue weighted by atomic mass is 10.1. The van der Waals surface area contributed by atoms with Crippen LogP contribution < -0.4 is 15.4 Å². The van der Waals surface area contributed by atoms with Gasteiger partial charge in [-0.2, -0.15) is 4.98 Å². The van der Waals surface area contributed by atoms with E-state index in [1.54, 1.807) is 7.11 Å². The number of anilines is 3. The molecule has 27 heavy (non-hydrogen) atoms. The van der Waals surface area contributed by atoms with Crippen LogP contribution in [0.2, 0.25) is 5.02 Å². The number of rotatable bonds is 7. The van der Waals surface area contributed by atoms with Crippen molar-refractivity contribution in [1.29, 1.82) is 0 Å². The molecule has 140 valence electrons. The number of aryl methyl sites for hydroxylation is 2. The van der Waals surface area contributed by atoms with Crippen LogP contribution in [0, 0.1) is 13.8 Å². The van der Waals surface area contributed by atoms with Crippen LogP contribution in [0.4, 0.5) is 17.5 Å². The fourth-order valence-electron chi connectivity index (χ4n) is 2.78. The number of nitrogens with one attached hydrogen (secondary N) is 2. The molecule has 0 radical (unpaired) electrons. The Morgan fingerprint density at radius 1 is 1.04 bits per heavy atom. The van der Waals surface area contributed by atoms with E-state index in [0.29, 0.717) is 5.95 Å². The molecule has 0 bridgehead atoms. The average molecular weight is 383 g/mol. The summed E-state index contributed by atoms with van der Waals surface area (Å²) in [6, 6.07) is 15.8. The molecule has 2 aromatic carbocycles. The van der Waals surface area contributed by atoms with Gasteiger partial charge in [-0.05, 0) is 55.7 Å². The maximum absolute atomic E-state index is 6.04. The van der Waals surface area contributed by atoms with Gasteiger partial charge in [-0.1, -0.05) is 29.8 Å². The molecule has 5 nitrogen and oxygen atoms in total. The zero-order chi connectivity index (χ0) is 19.2. The molecule has 1 heterocycles. The molecule has 0 aliphatic rings. The fourth-order valence-corrected chi connectivity index (χ4v) is 3.00. The van der Waals surface area contributed by atoms with Crippen molar-refractivity contribution in [3.8, 4) is 5.75 Å². The van der Waals surface area contributed by atoms with Crippen molar-refractivity contribution in [3.63, 3.8) is 0 Å². The number of hydrogen-bond acceptors (Lipinski definition) is 5. The Kier molecular flexibility index (Phi) is 6.14. The van der Waals surface area contributed by atoms with E-state index in [2.05, 4.69) is 26.7 Å². The molecule has 0 spiro atoms. The van der Waals surface area contributed by atoms with Crippen LogP contribution in [0.25, 0.3) is 0 Å². The Morgan fingerprint density at radius 3 is 2.67 bits per heavy atom. The zero-order valence-corrected chi connectivity index (χ0v) is 16.5. The van der Waals surface area contributed by atoms with Crippen LogP contribution in [0.3, 0.4) is 0 Å². The first kappa shape index (κ1) is 19.0. The van der Waals surface area contributed by atoms with Crippen molar-refractivity contribution in [2.45, 2.75) is 20.3 Å². The Hall–Kier alpha value is -2.79. The second-order valence-electron chi connectivity index (χ2n) is 6.35. The molecular formula is C21H23ClN4O. The normalized spacial score (nSPS) is 10.5. The van der Waals surface area contributed by atoms with Crippen LogP contribution in [0.5, 0.6) is 5.75 Å². The highest BCUT2D eigenvalue weighted by molar-refractivity contribution is 6.30. The van der Waals surface area contributed by atoms with E-state index in [4.69, 9.17) is 16.3 Å². The lowest BCUT2D eigenvalue weighted by Crippen LogP contribution is -2.09. The van der Waals surface area contributed by atoms with Gasteiger partial charge in [0.05, 0.1) is 12.8 Å². The van der Waals surface area contributed by atoms with Crippen LogP contribution in [-0.4, -0.2) is 23.6 Å². The van der Waals surface area contributed by atoms with Gasteiger partial charge in [0.15, 0.2) is 0 Å². The smallest absolute Gasteiger partial charge is 0.229 e. The van der Waals surface area contributed by atoms with E-state index in [1.807, 2.05) is 56.3 Å². The summed E-state index contributed by atoms with van der Waals surface area (Å²) >= 11 is 6.04. The van der Waals surface area contributed by atoms with E-state index in [-0.39, 0.29) is 0 Å². The molecule has 0 aliphatic heterocycles. The molecule has 0 unspecified atom stereocenters. The van der Waals surface area contributed by atoms with Gasteiger partial charge >= 0.3 is 0 Å². The molecule has 3 aromatic rings.